The first-order chi connectivity index (χ1) is 9.90. The van der Waals surface area contributed by atoms with E-state index in [1.807, 2.05) is 0 Å². The molecule has 0 aliphatic rings. The molecule has 0 spiro atoms. The first kappa shape index (κ1) is 15.4. The third kappa shape index (κ3) is 3.35. The van der Waals surface area contributed by atoms with Gasteiger partial charge >= 0.3 is 0 Å². The third-order valence-electron chi connectivity index (χ3n) is 2.61. The molecule has 2 rings (SSSR count). The highest BCUT2D eigenvalue weighted by atomic mass is 32.2. The summed E-state index contributed by atoms with van der Waals surface area (Å²) in [6, 6.07) is 1.71. The number of hydrogen-bond donors (Lipinski definition) is 1. The van der Waals surface area contributed by atoms with E-state index in [4.69, 9.17) is 0 Å². The Hall–Kier alpha value is -2.03. The molecular formula is C12H11F3N4OS. The zero-order chi connectivity index (χ0) is 15.6. The van der Waals surface area contributed by atoms with Crippen LogP contribution < -0.4 is 5.32 Å². The van der Waals surface area contributed by atoms with Crippen LogP contribution in [0.25, 0.3) is 0 Å². The lowest BCUT2D eigenvalue weighted by atomic mass is 10.2. The van der Waals surface area contributed by atoms with E-state index in [-0.39, 0.29) is 0 Å². The SMILES string of the molecule is C[C@@H](Sc1nncn1C)C(=O)Nc1ccc(F)c(F)c1F. The van der Waals surface area contributed by atoms with Crippen molar-refractivity contribution in [3.05, 3.63) is 35.9 Å². The van der Waals surface area contributed by atoms with Gasteiger partial charge in [-0.3, -0.25) is 4.79 Å². The average Bonchev–Trinajstić information content (AvgIpc) is 2.85. The van der Waals surface area contributed by atoms with Gasteiger partial charge in [0.15, 0.2) is 22.6 Å². The van der Waals surface area contributed by atoms with Gasteiger partial charge in [-0.1, -0.05) is 11.8 Å². The minimum Gasteiger partial charge on any atom is -0.323 e. The first-order valence-electron chi connectivity index (χ1n) is 5.85. The minimum absolute atomic E-state index is 0.413. The van der Waals surface area contributed by atoms with Crippen LogP contribution in [-0.2, 0) is 11.8 Å². The fourth-order valence-electron chi connectivity index (χ4n) is 1.45. The van der Waals surface area contributed by atoms with Gasteiger partial charge in [-0.25, -0.2) is 13.2 Å². The average molecular weight is 316 g/mol. The second-order valence-corrected chi connectivity index (χ2v) is 5.50. The van der Waals surface area contributed by atoms with Crippen LogP contribution in [0.4, 0.5) is 18.9 Å². The maximum absolute atomic E-state index is 13.5. The molecule has 5 nitrogen and oxygen atoms in total. The summed E-state index contributed by atoms with van der Waals surface area (Å²) in [5.74, 6) is -4.93. The number of benzene rings is 1. The Kier molecular flexibility index (Phi) is 4.51. The number of thioether (sulfide) groups is 1. The second-order valence-electron chi connectivity index (χ2n) is 4.20. The molecule has 1 aromatic carbocycles. The van der Waals surface area contributed by atoms with Crippen molar-refractivity contribution < 1.29 is 18.0 Å². The van der Waals surface area contributed by atoms with Crippen molar-refractivity contribution in [2.24, 2.45) is 7.05 Å². The summed E-state index contributed by atoms with van der Waals surface area (Å²) in [4.78, 5) is 11.9. The first-order valence-corrected chi connectivity index (χ1v) is 6.73. The van der Waals surface area contributed by atoms with Crippen molar-refractivity contribution >= 4 is 23.4 Å². The van der Waals surface area contributed by atoms with Crippen molar-refractivity contribution in [3.8, 4) is 0 Å². The van der Waals surface area contributed by atoms with Gasteiger partial charge in [-0.2, -0.15) is 0 Å². The van der Waals surface area contributed by atoms with Crippen LogP contribution >= 0.6 is 11.8 Å². The molecule has 0 aliphatic heterocycles. The van der Waals surface area contributed by atoms with Crippen LogP contribution in [0.15, 0.2) is 23.6 Å². The van der Waals surface area contributed by atoms with Gasteiger partial charge in [-0.15, -0.1) is 10.2 Å². The monoisotopic (exact) mass is 316 g/mol. The minimum atomic E-state index is -1.62. The fourth-order valence-corrected chi connectivity index (χ4v) is 2.24. The van der Waals surface area contributed by atoms with E-state index in [1.165, 1.54) is 6.33 Å². The van der Waals surface area contributed by atoms with E-state index in [0.717, 1.165) is 23.9 Å². The number of nitrogens with zero attached hydrogens (tertiary/aromatic N) is 3. The van der Waals surface area contributed by atoms with Crippen LogP contribution in [0, 0.1) is 17.5 Å². The molecule has 1 N–H and O–H groups in total. The van der Waals surface area contributed by atoms with Crippen molar-refractivity contribution in [1.82, 2.24) is 14.8 Å². The van der Waals surface area contributed by atoms with E-state index in [1.54, 1.807) is 18.5 Å². The zero-order valence-electron chi connectivity index (χ0n) is 11.1. The summed E-state index contributed by atoms with van der Waals surface area (Å²) in [7, 11) is 1.71. The normalized spacial score (nSPS) is 12.2. The van der Waals surface area contributed by atoms with Crippen molar-refractivity contribution in [1.29, 1.82) is 0 Å². The zero-order valence-corrected chi connectivity index (χ0v) is 11.9. The van der Waals surface area contributed by atoms with Gasteiger partial charge in [0.2, 0.25) is 5.91 Å². The van der Waals surface area contributed by atoms with Crippen LogP contribution in [-0.4, -0.2) is 25.9 Å². The summed E-state index contributed by atoms with van der Waals surface area (Å²) in [5, 5.41) is 9.55. The lowest BCUT2D eigenvalue weighted by Crippen LogP contribution is -2.23. The van der Waals surface area contributed by atoms with Crippen LogP contribution in [0.5, 0.6) is 0 Å². The molecule has 0 unspecified atom stereocenters. The summed E-state index contributed by atoms with van der Waals surface area (Å²) in [6.07, 6.45) is 1.47. The van der Waals surface area contributed by atoms with Gasteiger partial charge in [0, 0.05) is 7.05 Å². The van der Waals surface area contributed by atoms with Crippen molar-refractivity contribution in [3.63, 3.8) is 0 Å². The Morgan fingerprint density at radius 3 is 2.67 bits per heavy atom. The third-order valence-corrected chi connectivity index (χ3v) is 3.76. The molecular weight excluding hydrogens is 305 g/mol. The topological polar surface area (TPSA) is 59.8 Å². The number of anilines is 1. The van der Waals surface area contributed by atoms with E-state index < -0.39 is 34.3 Å². The smallest absolute Gasteiger partial charge is 0.237 e. The predicted octanol–water partition coefficient (Wildman–Crippen LogP) is 2.35. The standard InChI is InChI=1S/C12H11F3N4OS/c1-6(21-12-18-16-5-19(12)2)11(20)17-8-4-3-7(13)9(14)10(8)15/h3-6H,1-2H3,(H,17,20)/t6-/m1/s1. The van der Waals surface area contributed by atoms with Gasteiger partial charge in [-0.05, 0) is 19.1 Å². The maximum atomic E-state index is 13.5. The molecule has 2 aromatic rings. The molecule has 1 heterocycles. The maximum Gasteiger partial charge on any atom is 0.237 e. The summed E-state index contributed by atoms with van der Waals surface area (Å²) in [5.41, 5.74) is -0.413. The van der Waals surface area contributed by atoms with E-state index in [0.29, 0.717) is 5.16 Å². The lowest BCUT2D eigenvalue weighted by molar-refractivity contribution is -0.115. The molecule has 1 aromatic heterocycles. The Morgan fingerprint density at radius 1 is 1.33 bits per heavy atom. The predicted molar refractivity (Wildman–Crippen MR) is 71.3 cm³/mol. The van der Waals surface area contributed by atoms with Gasteiger partial charge < -0.3 is 9.88 Å². The highest BCUT2D eigenvalue weighted by Gasteiger charge is 2.20. The molecule has 0 bridgehead atoms. The van der Waals surface area contributed by atoms with Crippen molar-refractivity contribution in [2.45, 2.75) is 17.3 Å². The Balaban J connectivity index is 2.08. The molecule has 9 heteroatoms. The molecule has 1 atom stereocenters. The number of aromatic nitrogens is 3. The van der Waals surface area contributed by atoms with Crippen LogP contribution in [0.3, 0.4) is 0 Å². The van der Waals surface area contributed by atoms with Gasteiger partial charge in [0.25, 0.3) is 0 Å². The molecule has 0 fully saturated rings. The quantitative estimate of drug-likeness (QED) is 0.695. The second kappa shape index (κ2) is 6.17. The molecule has 0 saturated heterocycles. The summed E-state index contributed by atoms with van der Waals surface area (Å²) < 4.78 is 41.0. The number of carbonyl (C=O) groups excluding carboxylic acids is 1. The van der Waals surface area contributed by atoms with E-state index in [2.05, 4.69) is 15.5 Å². The highest BCUT2D eigenvalue weighted by Crippen LogP contribution is 2.23. The van der Waals surface area contributed by atoms with Gasteiger partial charge in [0.05, 0.1) is 10.9 Å². The Labute approximate surface area is 122 Å². The summed E-state index contributed by atoms with van der Waals surface area (Å²) >= 11 is 1.10. The molecule has 0 radical (unpaired) electrons. The number of amides is 1. The number of carbonyl (C=O) groups is 1. The van der Waals surface area contributed by atoms with E-state index in [9.17, 15) is 18.0 Å². The number of hydrogen-bond acceptors (Lipinski definition) is 4. The van der Waals surface area contributed by atoms with Crippen molar-refractivity contribution in [2.75, 3.05) is 5.32 Å². The molecule has 112 valence electrons. The number of halogens is 3. The van der Waals surface area contributed by atoms with Crippen LogP contribution in [0.2, 0.25) is 0 Å². The molecule has 1 amide bonds. The van der Waals surface area contributed by atoms with Crippen LogP contribution in [0.1, 0.15) is 6.92 Å². The number of nitrogens with one attached hydrogen (secondary N) is 1. The Bertz CT molecular complexity index is 677. The molecule has 21 heavy (non-hydrogen) atoms. The largest absolute Gasteiger partial charge is 0.323 e. The Morgan fingerprint density at radius 2 is 2.05 bits per heavy atom. The van der Waals surface area contributed by atoms with Gasteiger partial charge in [0.1, 0.15) is 6.33 Å². The fraction of sp³-hybridized carbons (Fsp3) is 0.250. The highest BCUT2D eigenvalue weighted by molar-refractivity contribution is 8.00. The number of rotatable bonds is 4. The summed E-state index contributed by atoms with van der Waals surface area (Å²) in [6.45, 7) is 1.58. The number of aryl methyl sites for hydroxylation is 1. The molecule has 0 aliphatic carbocycles. The lowest BCUT2D eigenvalue weighted by Gasteiger charge is -2.12. The van der Waals surface area contributed by atoms with E-state index >= 15 is 0 Å². The molecule has 0 saturated carbocycles.